The van der Waals surface area contributed by atoms with Crippen molar-refractivity contribution in [2.24, 2.45) is 13.5 Å². The second-order valence-electron chi connectivity index (χ2n) is 3.41. The van der Waals surface area contributed by atoms with E-state index >= 15 is 0 Å². The fraction of sp³-hybridized carbons (Fsp3) is 1.00. The number of rotatable bonds is 2. The molecule has 96 valence electrons. The van der Waals surface area contributed by atoms with Crippen molar-refractivity contribution in [1.29, 1.82) is 0 Å². The number of nitrogens with zero attached hydrogens (tertiary/aromatic N) is 5. The molecule has 0 amide bonds. The van der Waals surface area contributed by atoms with E-state index in [4.69, 9.17) is 4.52 Å². The number of halogens is 4. The Morgan fingerprint density at radius 2 is 1.06 bits per heavy atom. The first-order chi connectivity index (χ1) is 7.01. The molecule has 1 aliphatic heterocycles. The third-order valence-electron chi connectivity index (χ3n) is 1.69. The van der Waals surface area contributed by atoms with Crippen molar-refractivity contribution < 1.29 is 0 Å². The minimum Gasteiger partial charge on any atom is -0.250 e. The summed E-state index contributed by atoms with van der Waals surface area (Å²) in [6.07, 6.45) is 0. The van der Waals surface area contributed by atoms with Crippen molar-refractivity contribution >= 4 is 78.7 Å². The minimum atomic E-state index is -2.01. The first kappa shape index (κ1) is 16.6. The first-order valence-corrected chi connectivity index (χ1v) is 17.1. The maximum atomic E-state index is 4.78. The van der Waals surface area contributed by atoms with Gasteiger partial charge in [0.2, 0.25) is 16.7 Å². The molecule has 0 aromatic carbocycles. The standard InChI is InChI=1S/C4H12Br4N5P3/c1-12(2)15(7)9-14(5,6)10-16(8,11-15)13(3)4/h1-4H3/t15-,16-/m0/s1. The van der Waals surface area contributed by atoms with E-state index in [1.54, 1.807) is 0 Å². The zero-order valence-corrected chi connectivity index (χ0v) is 18.1. The zero-order valence-electron chi connectivity index (χ0n) is 9.09. The van der Waals surface area contributed by atoms with E-state index in [0.717, 1.165) is 0 Å². The molecule has 0 fully saturated rings. The Labute approximate surface area is 129 Å². The van der Waals surface area contributed by atoms with Crippen molar-refractivity contribution in [3.8, 4) is 0 Å². The smallest absolute Gasteiger partial charge is 0.212 e. The molecule has 2 atom stereocenters. The quantitative estimate of drug-likeness (QED) is 0.372. The Morgan fingerprint density at radius 1 is 0.688 bits per heavy atom. The molecule has 1 aliphatic rings. The van der Waals surface area contributed by atoms with E-state index in [1.807, 2.05) is 37.5 Å². The predicted molar refractivity (Wildman–Crippen MR) is 91.1 cm³/mol. The SMILES string of the molecule is CN(C)[P@@]1(Br)=NP(Br)(Br)=N[P@](Br)(N(C)C)=N1. The number of hydrogen-bond donors (Lipinski definition) is 0. The van der Waals surface area contributed by atoms with Crippen LogP contribution in [0.3, 0.4) is 0 Å². The molecule has 12 heteroatoms. The maximum absolute atomic E-state index is 4.78. The fourth-order valence-corrected chi connectivity index (χ4v) is 31.0. The van der Waals surface area contributed by atoms with Gasteiger partial charge in [-0.2, -0.15) is 13.5 Å². The summed E-state index contributed by atoms with van der Waals surface area (Å²) in [4.78, 5) is 0. The Bertz CT molecular complexity index is 437. The number of hydrogen-bond acceptors (Lipinski definition) is 5. The normalized spacial score (nSPS) is 37.9. The Morgan fingerprint density at radius 3 is 1.44 bits per heavy atom. The lowest BCUT2D eigenvalue weighted by atomic mass is 11.3. The average Bonchev–Trinajstić information content (AvgIpc) is 1.98. The molecule has 0 saturated heterocycles. The van der Waals surface area contributed by atoms with Gasteiger partial charge >= 0.3 is 0 Å². The summed E-state index contributed by atoms with van der Waals surface area (Å²) in [5, 5.41) is 0. The molecule has 0 N–H and O–H groups in total. The van der Waals surface area contributed by atoms with Gasteiger partial charge in [-0.15, -0.1) is 0 Å². The van der Waals surface area contributed by atoms with E-state index in [-0.39, 0.29) is 0 Å². The minimum absolute atomic E-state index is 1.97. The molecule has 1 rings (SSSR count). The van der Waals surface area contributed by atoms with Crippen LogP contribution in [0.4, 0.5) is 0 Å². The lowest BCUT2D eigenvalue weighted by Crippen LogP contribution is -2.07. The van der Waals surface area contributed by atoms with E-state index in [0.29, 0.717) is 0 Å². The van der Waals surface area contributed by atoms with Gasteiger partial charge in [0.05, 0.1) is 0 Å². The van der Waals surface area contributed by atoms with Crippen LogP contribution in [-0.4, -0.2) is 37.5 Å². The van der Waals surface area contributed by atoms with E-state index < -0.39 is 16.7 Å². The summed E-state index contributed by atoms with van der Waals surface area (Å²) in [5.74, 6) is 0. The van der Waals surface area contributed by atoms with E-state index in [2.05, 4.69) is 71.0 Å². The van der Waals surface area contributed by atoms with Crippen LogP contribution in [0.15, 0.2) is 13.5 Å². The summed E-state index contributed by atoms with van der Waals surface area (Å²) in [6, 6.07) is -4.03. The molecule has 16 heavy (non-hydrogen) atoms. The van der Waals surface area contributed by atoms with Crippen LogP contribution in [0, 0.1) is 0 Å². The molecular weight excluding hydrogens is 531 g/mol. The highest BCUT2D eigenvalue weighted by Gasteiger charge is 2.34. The van der Waals surface area contributed by atoms with Crippen LogP contribution in [0.2, 0.25) is 0 Å². The Balaban J connectivity index is 3.56. The van der Waals surface area contributed by atoms with Crippen molar-refractivity contribution in [3.05, 3.63) is 0 Å². The third kappa shape index (κ3) is 3.77. The maximum Gasteiger partial charge on any atom is 0.212 e. The molecule has 0 aromatic heterocycles. The Kier molecular flexibility index (Phi) is 5.69. The Hall–Kier alpha value is 2.53. The largest absolute Gasteiger partial charge is 0.250 e. The molecule has 0 radical (unpaired) electrons. The lowest BCUT2D eigenvalue weighted by Gasteiger charge is -2.32. The molecule has 0 aliphatic carbocycles. The van der Waals surface area contributed by atoms with Crippen LogP contribution in [0.25, 0.3) is 0 Å². The summed E-state index contributed by atoms with van der Waals surface area (Å²) in [7, 11) is 7.86. The second-order valence-corrected chi connectivity index (χ2v) is 24.5. The first-order valence-electron chi connectivity index (χ1n) is 4.06. The van der Waals surface area contributed by atoms with Crippen molar-refractivity contribution in [1.82, 2.24) is 9.34 Å². The summed E-state index contributed by atoms with van der Waals surface area (Å²) < 4.78 is 16.1. The highest BCUT2D eigenvalue weighted by molar-refractivity contribution is 9.71. The van der Waals surface area contributed by atoms with Gasteiger partial charge in [0, 0.05) is 31.0 Å². The molecule has 0 unspecified atom stereocenters. The van der Waals surface area contributed by atoms with Gasteiger partial charge in [0.15, 0.2) is 0 Å². The summed E-state index contributed by atoms with van der Waals surface area (Å²) in [6.45, 7) is 0. The van der Waals surface area contributed by atoms with Crippen LogP contribution < -0.4 is 0 Å². The van der Waals surface area contributed by atoms with Crippen LogP contribution in [-0.2, 0) is 0 Å². The van der Waals surface area contributed by atoms with E-state index in [1.165, 1.54) is 0 Å². The predicted octanol–water partition coefficient (Wildman–Crippen LogP) is 6.54. The van der Waals surface area contributed by atoms with Gasteiger partial charge < -0.3 is 0 Å². The van der Waals surface area contributed by atoms with Crippen LogP contribution in [0.5, 0.6) is 0 Å². The summed E-state index contributed by atoms with van der Waals surface area (Å²) >= 11 is 14.4. The summed E-state index contributed by atoms with van der Waals surface area (Å²) in [5.41, 5.74) is 0. The molecule has 0 bridgehead atoms. The highest BCUT2D eigenvalue weighted by Crippen LogP contribution is 2.88. The second kappa shape index (κ2) is 5.49. The van der Waals surface area contributed by atoms with Gasteiger partial charge in [-0.05, 0) is 59.2 Å². The molecular formula is C4H12Br4N5P3. The third-order valence-corrected chi connectivity index (χ3v) is 23.1. The van der Waals surface area contributed by atoms with Gasteiger partial charge in [-0.25, -0.2) is 9.34 Å². The fourth-order valence-electron chi connectivity index (χ4n) is 0.792. The van der Waals surface area contributed by atoms with Crippen molar-refractivity contribution in [3.63, 3.8) is 0 Å². The monoisotopic (exact) mass is 539 g/mol. The van der Waals surface area contributed by atoms with Gasteiger partial charge in [0.1, 0.15) is 0 Å². The molecule has 0 saturated carbocycles. The zero-order chi connectivity index (χ0) is 12.8. The molecule has 1 heterocycles. The molecule has 0 aromatic rings. The molecule has 0 spiro atoms. The van der Waals surface area contributed by atoms with Crippen molar-refractivity contribution in [2.45, 2.75) is 0 Å². The molecule has 5 nitrogen and oxygen atoms in total. The van der Waals surface area contributed by atoms with Gasteiger partial charge in [-0.3, -0.25) is 0 Å². The average molecular weight is 543 g/mol. The topological polar surface area (TPSA) is 43.6 Å². The lowest BCUT2D eigenvalue weighted by molar-refractivity contribution is 0.671. The van der Waals surface area contributed by atoms with Gasteiger partial charge in [-0.1, -0.05) is 0 Å². The van der Waals surface area contributed by atoms with Crippen LogP contribution >= 0.6 is 78.7 Å². The van der Waals surface area contributed by atoms with E-state index in [9.17, 15) is 0 Å². The van der Waals surface area contributed by atoms with Crippen molar-refractivity contribution in [2.75, 3.05) is 28.2 Å². The van der Waals surface area contributed by atoms with Crippen LogP contribution in [0.1, 0.15) is 0 Å². The van der Waals surface area contributed by atoms with Gasteiger partial charge in [0.25, 0.3) is 0 Å². The highest BCUT2D eigenvalue weighted by atomic mass is 79.9.